The first-order chi connectivity index (χ1) is 8.70. The Morgan fingerprint density at radius 2 is 2.05 bits per heavy atom. The van der Waals surface area contributed by atoms with Gasteiger partial charge >= 0.3 is 0 Å². The van der Waals surface area contributed by atoms with Gasteiger partial charge < -0.3 is 10.6 Å². The molecule has 1 aromatic rings. The average molecular weight is 303 g/mol. The van der Waals surface area contributed by atoms with Crippen LogP contribution in [0.3, 0.4) is 0 Å². The van der Waals surface area contributed by atoms with Crippen LogP contribution in [0, 0.1) is 0 Å². The first-order valence-electron chi connectivity index (χ1n) is 6.21. The summed E-state index contributed by atoms with van der Waals surface area (Å²) in [5, 5.41) is 1.13. The molecule has 1 aromatic carbocycles. The minimum Gasteiger partial charge on any atom is -0.337 e. The van der Waals surface area contributed by atoms with E-state index in [1.807, 2.05) is 19.9 Å². The number of nitrogens with two attached hydrogens (primary N) is 1. The molecule has 3 nitrogen and oxygen atoms in total. The van der Waals surface area contributed by atoms with Crippen LogP contribution in [0.15, 0.2) is 18.2 Å². The number of carbonyl (C=O) groups is 1. The van der Waals surface area contributed by atoms with E-state index in [1.54, 1.807) is 31.0 Å². The zero-order valence-electron chi connectivity index (χ0n) is 11.7. The Kier molecular flexibility index (Phi) is 5.25. The number of amides is 1. The number of likely N-dealkylation sites (N-methyl/N-ethyl adjacent to an activating group) is 1. The molecule has 2 atom stereocenters. The van der Waals surface area contributed by atoms with Crippen LogP contribution >= 0.6 is 23.2 Å². The summed E-state index contributed by atoms with van der Waals surface area (Å²) in [6, 6.07) is 5.11. The van der Waals surface area contributed by atoms with E-state index < -0.39 is 5.54 Å². The highest BCUT2D eigenvalue weighted by atomic mass is 35.5. The predicted octanol–water partition coefficient (Wildman–Crippen LogP) is 3.64. The van der Waals surface area contributed by atoms with Gasteiger partial charge in [-0.05, 0) is 38.0 Å². The molecule has 106 valence electrons. The van der Waals surface area contributed by atoms with Crippen LogP contribution < -0.4 is 5.73 Å². The zero-order valence-corrected chi connectivity index (χ0v) is 13.2. The third-order valence-corrected chi connectivity index (χ3v) is 4.10. The molecule has 0 saturated heterocycles. The molecule has 1 rings (SSSR count). The lowest BCUT2D eigenvalue weighted by Gasteiger charge is -2.33. The third-order valence-electron chi connectivity index (χ3n) is 3.54. The van der Waals surface area contributed by atoms with Crippen molar-refractivity contribution >= 4 is 29.1 Å². The maximum absolute atomic E-state index is 12.3. The van der Waals surface area contributed by atoms with Crippen molar-refractivity contribution in [2.24, 2.45) is 5.73 Å². The Morgan fingerprint density at radius 1 is 1.47 bits per heavy atom. The molecular formula is C14H20Cl2N2O. The van der Waals surface area contributed by atoms with E-state index >= 15 is 0 Å². The standard InChI is InChI=1S/C14H20Cl2N2O/c1-5-14(3,17)13(19)18(4)9(2)11-7-6-10(15)8-12(11)16/h6-9H,5,17H2,1-4H3. The van der Waals surface area contributed by atoms with Crippen molar-refractivity contribution in [1.29, 1.82) is 0 Å². The fraction of sp³-hybridized carbons (Fsp3) is 0.500. The summed E-state index contributed by atoms with van der Waals surface area (Å²) < 4.78 is 0. The van der Waals surface area contributed by atoms with Crippen LogP contribution in [-0.4, -0.2) is 23.4 Å². The number of nitrogens with zero attached hydrogens (tertiary/aromatic N) is 1. The van der Waals surface area contributed by atoms with Crippen LogP contribution in [0.25, 0.3) is 0 Å². The highest BCUT2D eigenvalue weighted by molar-refractivity contribution is 6.35. The molecule has 0 aliphatic carbocycles. The maximum atomic E-state index is 12.3. The van der Waals surface area contributed by atoms with Gasteiger partial charge in [0.1, 0.15) is 0 Å². The molecule has 0 aliphatic heterocycles. The van der Waals surface area contributed by atoms with Gasteiger partial charge in [-0.2, -0.15) is 0 Å². The Hall–Kier alpha value is -0.770. The summed E-state index contributed by atoms with van der Waals surface area (Å²) in [5.74, 6) is -0.103. The molecule has 0 spiro atoms. The lowest BCUT2D eigenvalue weighted by atomic mass is 9.97. The Bertz CT molecular complexity index is 475. The highest BCUT2D eigenvalue weighted by Gasteiger charge is 2.32. The summed E-state index contributed by atoms with van der Waals surface area (Å²) in [6.07, 6.45) is 0.581. The van der Waals surface area contributed by atoms with E-state index in [2.05, 4.69) is 0 Å². The zero-order chi connectivity index (χ0) is 14.8. The fourth-order valence-electron chi connectivity index (χ4n) is 1.78. The first kappa shape index (κ1) is 16.3. The van der Waals surface area contributed by atoms with Crippen LogP contribution in [-0.2, 0) is 4.79 Å². The van der Waals surface area contributed by atoms with Crippen molar-refractivity contribution in [3.63, 3.8) is 0 Å². The second kappa shape index (κ2) is 6.12. The molecule has 2 unspecified atom stereocenters. The van der Waals surface area contributed by atoms with Gasteiger partial charge in [0.2, 0.25) is 5.91 Å². The number of carbonyl (C=O) groups excluding carboxylic acids is 1. The summed E-state index contributed by atoms with van der Waals surface area (Å²) in [4.78, 5) is 13.9. The SMILES string of the molecule is CCC(C)(N)C(=O)N(C)C(C)c1ccc(Cl)cc1Cl. The van der Waals surface area contributed by atoms with E-state index in [-0.39, 0.29) is 11.9 Å². The fourth-order valence-corrected chi connectivity index (χ4v) is 2.35. The van der Waals surface area contributed by atoms with Gasteiger partial charge in [-0.25, -0.2) is 0 Å². The topological polar surface area (TPSA) is 46.3 Å². The number of hydrogen-bond acceptors (Lipinski definition) is 2. The molecule has 0 heterocycles. The lowest BCUT2D eigenvalue weighted by Crippen LogP contribution is -2.52. The van der Waals surface area contributed by atoms with E-state index in [9.17, 15) is 4.79 Å². The Balaban J connectivity index is 3.00. The quantitative estimate of drug-likeness (QED) is 0.923. The minimum atomic E-state index is -0.859. The largest absolute Gasteiger partial charge is 0.337 e. The summed E-state index contributed by atoms with van der Waals surface area (Å²) in [6.45, 7) is 5.55. The first-order valence-corrected chi connectivity index (χ1v) is 6.97. The molecule has 2 N–H and O–H groups in total. The van der Waals surface area contributed by atoms with Crippen molar-refractivity contribution in [2.75, 3.05) is 7.05 Å². The molecular weight excluding hydrogens is 283 g/mol. The molecule has 19 heavy (non-hydrogen) atoms. The molecule has 0 fully saturated rings. The van der Waals surface area contributed by atoms with Crippen LogP contribution in [0.4, 0.5) is 0 Å². The van der Waals surface area contributed by atoms with Gasteiger partial charge in [0, 0.05) is 17.1 Å². The van der Waals surface area contributed by atoms with Crippen molar-refractivity contribution in [3.8, 4) is 0 Å². The second-order valence-electron chi connectivity index (χ2n) is 5.03. The van der Waals surface area contributed by atoms with E-state index in [0.29, 0.717) is 16.5 Å². The van der Waals surface area contributed by atoms with E-state index in [0.717, 1.165) is 5.56 Å². The van der Waals surface area contributed by atoms with E-state index in [1.165, 1.54) is 0 Å². The van der Waals surface area contributed by atoms with Gasteiger partial charge in [0.15, 0.2) is 0 Å². The molecule has 0 aliphatic rings. The summed E-state index contributed by atoms with van der Waals surface area (Å²) >= 11 is 12.0. The normalized spacial score (nSPS) is 15.7. The minimum absolute atomic E-state index is 0.103. The average Bonchev–Trinajstić information content (AvgIpc) is 2.36. The lowest BCUT2D eigenvalue weighted by molar-refractivity contribution is -0.137. The van der Waals surface area contributed by atoms with Crippen LogP contribution in [0.1, 0.15) is 38.8 Å². The van der Waals surface area contributed by atoms with Crippen LogP contribution in [0.2, 0.25) is 10.0 Å². The smallest absolute Gasteiger partial charge is 0.242 e. The Morgan fingerprint density at radius 3 is 2.53 bits per heavy atom. The van der Waals surface area contributed by atoms with Gasteiger partial charge in [0.25, 0.3) is 0 Å². The molecule has 0 saturated carbocycles. The summed E-state index contributed by atoms with van der Waals surface area (Å²) in [7, 11) is 1.73. The maximum Gasteiger partial charge on any atom is 0.242 e. The second-order valence-corrected chi connectivity index (χ2v) is 5.87. The van der Waals surface area contributed by atoms with Gasteiger partial charge in [-0.3, -0.25) is 4.79 Å². The van der Waals surface area contributed by atoms with Crippen molar-refractivity contribution in [3.05, 3.63) is 33.8 Å². The Labute approximate surface area is 124 Å². The van der Waals surface area contributed by atoms with Crippen molar-refractivity contribution in [1.82, 2.24) is 4.90 Å². The number of benzene rings is 1. The molecule has 5 heteroatoms. The highest BCUT2D eigenvalue weighted by Crippen LogP contribution is 2.30. The molecule has 1 amide bonds. The number of halogens is 2. The number of hydrogen-bond donors (Lipinski definition) is 1. The third kappa shape index (κ3) is 3.62. The van der Waals surface area contributed by atoms with E-state index in [4.69, 9.17) is 28.9 Å². The van der Waals surface area contributed by atoms with Gasteiger partial charge in [-0.1, -0.05) is 36.2 Å². The molecule has 0 radical (unpaired) electrons. The van der Waals surface area contributed by atoms with Crippen molar-refractivity contribution in [2.45, 2.75) is 38.8 Å². The molecule has 0 bridgehead atoms. The molecule has 0 aromatic heterocycles. The van der Waals surface area contributed by atoms with Gasteiger partial charge in [0.05, 0.1) is 11.6 Å². The van der Waals surface area contributed by atoms with Gasteiger partial charge in [-0.15, -0.1) is 0 Å². The summed E-state index contributed by atoms with van der Waals surface area (Å²) in [5.41, 5.74) is 5.99. The predicted molar refractivity (Wildman–Crippen MR) is 80.5 cm³/mol. The van der Waals surface area contributed by atoms with Crippen molar-refractivity contribution < 1.29 is 4.79 Å². The monoisotopic (exact) mass is 302 g/mol. The van der Waals surface area contributed by atoms with Crippen LogP contribution in [0.5, 0.6) is 0 Å². The number of rotatable bonds is 4.